The van der Waals surface area contributed by atoms with E-state index in [2.05, 4.69) is 68.4 Å². The Hall–Kier alpha value is -2.48. The summed E-state index contributed by atoms with van der Waals surface area (Å²) in [6.45, 7) is 4.95. The minimum absolute atomic E-state index is 0.378. The second-order valence-corrected chi connectivity index (χ2v) is 9.50. The van der Waals surface area contributed by atoms with Crippen LogP contribution in [-0.4, -0.2) is 9.97 Å². The lowest BCUT2D eigenvalue weighted by Crippen LogP contribution is -2.51. The van der Waals surface area contributed by atoms with Crippen LogP contribution < -0.4 is 0 Å². The van der Waals surface area contributed by atoms with Gasteiger partial charge >= 0.3 is 0 Å². The summed E-state index contributed by atoms with van der Waals surface area (Å²) in [5, 5.41) is 0. The average Bonchev–Trinajstić information content (AvgIpc) is 2.83. The quantitative estimate of drug-likeness (QED) is 0.580. The summed E-state index contributed by atoms with van der Waals surface area (Å²) in [5.41, 5.74) is 9.48. The molecule has 4 aliphatic rings. The van der Waals surface area contributed by atoms with Gasteiger partial charge in [0.25, 0.3) is 0 Å². The predicted octanol–water partition coefficient (Wildman–Crippen LogP) is 5.71. The number of aryl methyl sites for hydroxylation is 2. The molecule has 0 spiro atoms. The molecule has 0 saturated heterocycles. The van der Waals surface area contributed by atoms with Crippen molar-refractivity contribution < 1.29 is 0 Å². The number of rotatable bonds is 2. The van der Waals surface area contributed by atoms with Crippen LogP contribution in [0.3, 0.4) is 0 Å². The standard InChI is InChI=1S/C26H26N2/c1-26(2)21-15-22(26)20-14-17-11-12-18-9-6-10-23(27-18)24(17)28-25(20)19(21)13-16-7-4-3-5-8-16/h3-10,14,19,21-22H,11-13,15H2,1-2H3/t19-,21-,22+/m0/s1. The number of aromatic nitrogens is 2. The molecular weight excluding hydrogens is 340 g/mol. The van der Waals surface area contributed by atoms with E-state index in [1.807, 2.05) is 0 Å². The van der Waals surface area contributed by atoms with Crippen molar-refractivity contribution in [1.82, 2.24) is 9.97 Å². The van der Waals surface area contributed by atoms with E-state index in [9.17, 15) is 0 Å². The number of benzene rings is 1. The molecule has 0 N–H and O–H groups in total. The van der Waals surface area contributed by atoms with Gasteiger partial charge in [0, 0.05) is 17.3 Å². The molecule has 7 rings (SSSR count). The van der Waals surface area contributed by atoms with Gasteiger partial charge in [0.1, 0.15) is 0 Å². The Morgan fingerprint density at radius 1 is 0.964 bits per heavy atom. The molecule has 140 valence electrons. The van der Waals surface area contributed by atoms with Gasteiger partial charge in [-0.3, -0.25) is 9.97 Å². The molecule has 1 aliphatic heterocycles. The fourth-order valence-corrected chi connectivity index (χ4v) is 6.06. The molecule has 28 heavy (non-hydrogen) atoms. The summed E-state index contributed by atoms with van der Waals surface area (Å²) in [5.74, 6) is 1.90. The maximum atomic E-state index is 5.35. The molecule has 0 unspecified atom stereocenters. The van der Waals surface area contributed by atoms with Crippen molar-refractivity contribution in [2.24, 2.45) is 11.3 Å². The monoisotopic (exact) mass is 366 g/mol. The van der Waals surface area contributed by atoms with Gasteiger partial charge in [-0.15, -0.1) is 0 Å². The molecule has 0 amide bonds. The highest BCUT2D eigenvalue weighted by Crippen LogP contribution is 2.67. The number of pyridine rings is 2. The van der Waals surface area contributed by atoms with E-state index >= 15 is 0 Å². The molecule has 4 bridgehead atoms. The Morgan fingerprint density at radius 2 is 1.82 bits per heavy atom. The van der Waals surface area contributed by atoms with E-state index in [1.54, 1.807) is 0 Å². The number of hydrogen-bond donors (Lipinski definition) is 0. The van der Waals surface area contributed by atoms with Crippen LogP contribution in [0, 0.1) is 11.3 Å². The summed E-state index contributed by atoms with van der Waals surface area (Å²) < 4.78 is 0. The zero-order valence-electron chi connectivity index (χ0n) is 16.7. The number of nitrogens with zero attached hydrogens (tertiary/aromatic N) is 2. The lowest BCUT2D eigenvalue weighted by Gasteiger charge is -2.60. The van der Waals surface area contributed by atoms with Gasteiger partial charge in [0.15, 0.2) is 0 Å². The highest BCUT2D eigenvalue weighted by molar-refractivity contribution is 5.63. The number of hydrogen-bond acceptors (Lipinski definition) is 2. The molecule has 0 radical (unpaired) electrons. The van der Waals surface area contributed by atoms with E-state index in [4.69, 9.17) is 9.97 Å². The van der Waals surface area contributed by atoms with Crippen molar-refractivity contribution >= 4 is 0 Å². The fraction of sp³-hybridized carbons (Fsp3) is 0.385. The topological polar surface area (TPSA) is 25.8 Å². The molecular formula is C26H26N2. The third kappa shape index (κ3) is 2.27. The maximum Gasteiger partial charge on any atom is 0.0921 e. The van der Waals surface area contributed by atoms with Gasteiger partial charge < -0.3 is 0 Å². The average molecular weight is 367 g/mol. The molecule has 2 nitrogen and oxygen atoms in total. The Bertz CT molecular complexity index is 1070. The second-order valence-electron chi connectivity index (χ2n) is 9.50. The first-order valence-corrected chi connectivity index (χ1v) is 10.6. The molecule has 3 atom stereocenters. The summed E-state index contributed by atoms with van der Waals surface area (Å²) in [6, 6.07) is 19.9. The van der Waals surface area contributed by atoms with Crippen molar-refractivity contribution in [3.8, 4) is 11.4 Å². The SMILES string of the molecule is CC1(C)[C@@H]2C[C@H]1[C@H](Cc1ccccc1)c1nc3c(cc12)CCc1cccc-3n1. The van der Waals surface area contributed by atoms with Gasteiger partial charge in [0.05, 0.1) is 11.4 Å². The summed E-state index contributed by atoms with van der Waals surface area (Å²) >= 11 is 0. The zero-order valence-corrected chi connectivity index (χ0v) is 16.7. The van der Waals surface area contributed by atoms with E-state index in [1.165, 1.54) is 34.5 Å². The van der Waals surface area contributed by atoms with Crippen LogP contribution in [0.5, 0.6) is 0 Å². The van der Waals surface area contributed by atoms with Gasteiger partial charge in [0.2, 0.25) is 0 Å². The summed E-state index contributed by atoms with van der Waals surface area (Å²) in [6.07, 6.45) is 4.49. The lowest BCUT2D eigenvalue weighted by atomic mass is 9.44. The Kier molecular flexibility index (Phi) is 3.39. The van der Waals surface area contributed by atoms with Crippen LogP contribution in [0.1, 0.15) is 60.2 Å². The first-order valence-electron chi connectivity index (χ1n) is 10.6. The molecule has 3 heterocycles. The molecule has 3 aromatic rings. The van der Waals surface area contributed by atoms with E-state index < -0.39 is 0 Å². The van der Waals surface area contributed by atoms with Crippen LogP contribution >= 0.6 is 0 Å². The van der Waals surface area contributed by atoms with Gasteiger partial charge in [-0.2, -0.15) is 0 Å². The van der Waals surface area contributed by atoms with Crippen LogP contribution in [0.25, 0.3) is 11.4 Å². The van der Waals surface area contributed by atoms with Gasteiger partial charge in [-0.05, 0) is 71.8 Å². The van der Waals surface area contributed by atoms with Gasteiger partial charge in [-0.1, -0.05) is 56.3 Å². The Labute approximate surface area is 167 Å². The van der Waals surface area contributed by atoms with Crippen molar-refractivity contribution in [2.45, 2.75) is 51.4 Å². The zero-order chi connectivity index (χ0) is 18.9. The lowest BCUT2D eigenvalue weighted by molar-refractivity contribution is -0.00752. The van der Waals surface area contributed by atoms with Crippen molar-refractivity contribution in [2.75, 3.05) is 0 Å². The first-order chi connectivity index (χ1) is 13.6. The van der Waals surface area contributed by atoms with Crippen molar-refractivity contribution in [1.29, 1.82) is 0 Å². The van der Waals surface area contributed by atoms with Crippen LogP contribution in [0.15, 0.2) is 54.6 Å². The maximum absolute atomic E-state index is 5.35. The highest BCUT2D eigenvalue weighted by atomic mass is 14.8. The molecule has 1 aromatic carbocycles. The minimum Gasteiger partial charge on any atom is -0.251 e. The minimum atomic E-state index is 0.378. The fourth-order valence-electron chi connectivity index (χ4n) is 6.06. The van der Waals surface area contributed by atoms with Crippen molar-refractivity contribution in [3.05, 3.63) is 82.7 Å². The third-order valence-corrected chi connectivity index (χ3v) is 7.72. The van der Waals surface area contributed by atoms with E-state index in [-0.39, 0.29) is 0 Å². The number of fused-ring (bicyclic) bond motifs is 4. The predicted molar refractivity (Wildman–Crippen MR) is 112 cm³/mol. The summed E-state index contributed by atoms with van der Waals surface area (Å²) in [4.78, 5) is 10.2. The largest absolute Gasteiger partial charge is 0.251 e. The first kappa shape index (κ1) is 16.5. The van der Waals surface area contributed by atoms with Crippen LogP contribution in [0.4, 0.5) is 0 Å². The molecule has 1 saturated carbocycles. The molecule has 1 fully saturated rings. The Balaban J connectivity index is 1.51. The van der Waals surface area contributed by atoms with Crippen LogP contribution in [0.2, 0.25) is 0 Å². The van der Waals surface area contributed by atoms with E-state index in [0.717, 1.165) is 36.6 Å². The van der Waals surface area contributed by atoms with E-state index in [0.29, 0.717) is 17.3 Å². The second kappa shape index (κ2) is 5.76. The molecule has 2 heteroatoms. The highest BCUT2D eigenvalue weighted by Gasteiger charge is 2.57. The smallest absolute Gasteiger partial charge is 0.0921 e. The normalized spacial score (nSPS) is 25.9. The third-order valence-electron chi connectivity index (χ3n) is 7.72. The molecule has 3 aliphatic carbocycles. The van der Waals surface area contributed by atoms with Crippen LogP contribution in [-0.2, 0) is 19.3 Å². The molecule has 2 aromatic heterocycles. The van der Waals surface area contributed by atoms with Gasteiger partial charge in [-0.25, -0.2) is 0 Å². The Morgan fingerprint density at radius 3 is 2.64 bits per heavy atom. The van der Waals surface area contributed by atoms with Crippen molar-refractivity contribution in [3.63, 3.8) is 0 Å². The summed E-state index contributed by atoms with van der Waals surface area (Å²) in [7, 11) is 0.